The number of unbranched alkanes of at least 4 members (excludes halogenated alkanes) is 2. The van der Waals surface area contributed by atoms with Crippen LogP contribution in [-0.2, 0) is 6.54 Å². The second kappa shape index (κ2) is 13.3. The second-order valence-corrected chi connectivity index (χ2v) is 8.30. The molecule has 0 radical (unpaired) electrons. The van der Waals surface area contributed by atoms with Gasteiger partial charge in [-0.3, -0.25) is 20.5 Å². The van der Waals surface area contributed by atoms with Crippen LogP contribution in [0.4, 0.5) is 5.69 Å². The summed E-state index contributed by atoms with van der Waals surface area (Å²) in [5.74, 6) is 0.689. The van der Waals surface area contributed by atoms with Crippen molar-refractivity contribution in [1.29, 1.82) is 0 Å². The smallest absolute Gasteiger partial charge is 0.305 e. The third kappa shape index (κ3) is 8.38. The van der Waals surface area contributed by atoms with Crippen LogP contribution in [0, 0.1) is 0 Å². The highest BCUT2D eigenvalue weighted by Gasteiger charge is 2.14. The zero-order valence-corrected chi connectivity index (χ0v) is 19.6. The maximum absolute atomic E-state index is 12.4. The van der Waals surface area contributed by atoms with Crippen LogP contribution >= 0.6 is 24.0 Å². The molecule has 30 heavy (non-hydrogen) atoms. The molecular weight excluding hydrogens is 416 g/mol. The third-order valence-electron chi connectivity index (χ3n) is 4.54. The predicted molar refractivity (Wildman–Crippen MR) is 129 cm³/mol. The van der Waals surface area contributed by atoms with Crippen molar-refractivity contribution in [1.82, 2.24) is 15.8 Å². The molecule has 1 aromatic carbocycles. The van der Waals surface area contributed by atoms with Crippen LogP contribution in [0.5, 0.6) is 0 Å². The van der Waals surface area contributed by atoms with E-state index in [4.69, 9.17) is 16.6 Å². The molecule has 8 heteroatoms. The van der Waals surface area contributed by atoms with E-state index in [2.05, 4.69) is 34.9 Å². The lowest BCUT2D eigenvalue weighted by atomic mass is 10.2. The van der Waals surface area contributed by atoms with Gasteiger partial charge in [0.2, 0.25) is 0 Å². The summed E-state index contributed by atoms with van der Waals surface area (Å²) in [5.41, 5.74) is 6.15. The summed E-state index contributed by atoms with van der Waals surface area (Å²) in [6.07, 6.45) is 6.66. The zero-order valence-electron chi connectivity index (χ0n) is 18.0. The summed E-state index contributed by atoms with van der Waals surface area (Å²) in [4.78, 5) is 15.9. The predicted octanol–water partition coefficient (Wildman–Crippen LogP) is 5.04. The Bertz CT molecular complexity index is 802. The van der Waals surface area contributed by atoms with Gasteiger partial charge in [0.15, 0.2) is 10.9 Å². The molecule has 0 atom stereocenters. The van der Waals surface area contributed by atoms with Gasteiger partial charge in [0.25, 0.3) is 0 Å². The number of amides is 1. The van der Waals surface area contributed by atoms with Gasteiger partial charge in [-0.1, -0.05) is 32.8 Å². The lowest BCUT2D eigenvalue weighted by Gasteiger charge is -2.20. The first-order valence-corrected chi connectivity index (χ1v) is 12.0. The number of thioether (sulfide) groups is 1. The zero-order chi connectivity index (χ0) is 21.8. The van der Waals surface area contributed by atoms with E-state index >= 15 is 0 Å². The molecular formula is C22H32N4O2S2. The molecule has 0 unspecified atom stereocenters. The summed E-state index contributed by atoms with van der Waals surface area (Å²) >= 11 is 6.90. The van der Waals surface area contributed by atoms with E-state index in [0.717, 1.165) is 55.1 Å². The van der Waals surface area contributed by atoms with Crippen molar-refractivity contribution in [2.45, 2.75) is 51.0 Å². The van der Waals surface area contributed by atoms with Gasteiger partial charge in [-0.2, -0.15) is 0 Å². The Kier molecular flexibility index (Phi) is 10.8. The number of rotatable bonds is 11. The van der Waals surface area contributed by atoms with Crippen LogP contribution in [0.1, 0.15) is 55.8 Å². The molecule has 0 spiro atoms. The number of nitrogens with one attached hydrogen (secondary N) is 3. The maximum Gasteiger partial charge on any atom is 0.305 e. The van der Waals surface area contributed by atoms with Gasteiger partial charge >= 0.3 is 5.91 Å². The third-order valence-corrected chi connectivity index (χ3v) is 5.47. The standard InChI is InChI=1S/C22H32N4O2S2/c1-4-6-13-26(14-7-5-2)16-18-11-12-20(28-18)21(27)24-25-22(29)23-17-9-8-10-19(15-17)30-3/h8-12,15H,4-7,13-14,16H2,1-3H3,(H,24,27)(H2,23,25,29). The number of furan rings is 1. The maximum atomic E-state index is 12.4. The van der Waals surface area contributed by atoms with Crippen molar-refractivity contribution >= 4 is 40.7 Å². The van der Waals surface area contributed by atoms with Gasteiger partial charge < -0.3 is 9.73 Å². The highest BCUT2D eigenvalue weighted by Crippen LogP contribution is 2.18. The highest BCUT2D eigenvalue weighted by molar-refractivity contribution is 7.98. The summed E-state index contributed by atoms with van der Waals surface area (Å²) < 4.78 is 5.76. The Labute approximate surface area is 189 Å². The largest absolute Gasteiger partial charge is 0.454 e. The second-order valence-electron chi connectivity index (χ2n) is 7.01. The van der Waals surface area contributed by atoms with Crippen LogP contribution in [0.15, 0.2) is 45.7 Å². The Morgan fingerprint density at radius 2 is 1.83 bits per heavy atom. The number of hydrazine groups is 1. The molecule has 0 bridgehead atoms. The number of nitrogens with zero attached hydrogens (tertiary/aromatic N) is 1. The Balaban J connectivity index is 1.84. The molecule has 1 aromatic heterocycles. The number of hydrogen-bond donors (Lipinski definition) is 3. The molecule has 2 rings (SSSR count). The summed E-state index contributed by atoms with van der Waals surface area (Å²) in [6, 6.07) is 11.4. The van der Waals surface area contributed by atoms with Gasteiger partial charge in [-0.15, -0.1) is 11.8 Å². The van der Waals surface area contributed by atoms with Crippen molar-refractivity contribution in [3.63, 3.8) is 0 Å². The normalized spacial score (nSPS) is 10.8. The topological polar surface area (TPSA) is 69.5 Å². The van der Waals surface area contributed by atoms with Gasteiger partial charge in [0.1, 0.15) is 5.76 Å². The molecule has 164 valence electrons. The van der Waals surface area contributed by atoms with Gasteiger partial charge in [0.05, 0.1) is 6.54 Å². The minimum Gasteiger partial charge on any atom is -0.454 e. The fraction of sp³-hybridized carbons (Fsp3) is 0.455. The average molecular weight is 449 g/mol. The average Bonchev–Trinajstić information content (AvgIpc) is 3.22. The Morgan fingerprint density at radius 1 is 1.10 bits per heavy atom. The first kappa shape index (κ1) is 24.2. The molecule has 0 saturated carbocycles. The minimum atomic E-state index is -0.364. The van der Waals surface area contributed by atoms with Gasteiger partial charge in [0, 0.05) is 10.6 Å². The quantitative estimate of drug-likeness (QED) is 0.253. The van der Waals surface area contributed by atoms with E-state index < -0.39 is 0 Å². The molecule has 3 N–H and O–H groups in total. The molecule has 1 heterocycles. The summed E-state index contributed by atoms with van der Waals surface area (Å²) in [5, 5.41) is 3.35. The molecule has 0 fully saturated rings. The molecule has 2 aromatic rings. The van der Waals surface area contributed by atoms with Crippen molar-refractivity contribution in [3.05, 3.63) is 47.9 Å². The molecule has 0 aliphatic heterocycles. The van der Waals surface area contributed by atoms with Crippen LogP contribution in [0.25, 0.3) is 0 Å². The Hall–Kier alpha value is -2.03. The molecule has 0 aliphatic carbocycles. The van der Waals surface area contributed by atoms with Crippen LogP contribution in [-0.4, -0.2) is 35.3 Å². The van der Waals surface area contributed by atoms with Crippen molar-refractivity contribution in [2.24, 2.45) is 0 Å². The number of thiocarbonyl (C=S) groups is 1. The fourth-order valence-electron chi connectivity index (χ4n) is 2.88. The van der Waals surface area contributed by atoms with E-state index in [9.17, 15) is 4.79 Å². The first-order valence-electron chi connectivity index (χ1n) is 10.4. The number of carbonyl (C=O) groups is 1. The number of carbonyl (C=O) groups excluding carboxylic acids is 1. The van der Waals surface area contributed by atoms with E-state index in [0.29, 0.717) is 11.7 Å². The molecule has 1 amide bonds. The van der Waals surface area contributed by atoms with Crippen LogP contribution < -0.4 is 16.2 Å². The lowest BCUT2D eigenvalue weighted by Crippen LogP contribution is -2.43. The number of anilines is 1. The number of hydrogen-bond acceptors (Lipinski definition) is 5. The van der Waals surface area contributed by atoms with E-state index in [1.54, 1.807) is 17.8 Å². The number of benzene rings is 1. The summed E-state index contributed by atoms with van der Waals surface area (Å²) in [6.45, 7) is 7.18. The lowest BCUT2D eigenvalue weighted by molar-refractivity contribution is 0.0912. The van der Waals surface area contributed by atoms with Crippen LogP contribution in [0.2, 0.25) is 0 Å². The highest BCUT2D eigenvalue weighted by atomic mass is 32.2. The monoisotopic (exact) mass is 448 g/mol. The molecule has 0 aliphatic rings. The van der Waals surface area contributed by atoms with Gasteiger partial charge in [-0.25, -0.2) is 0 Å². The minimum absolute atomic E-state index is 0.260. The van der Waals surface area contributed by atoms with Crippen molar-refractivity contribution < 1.29 is 9.21 Å². The van der Waals surface area contributed by atoms with Crippen molar-refractivity contribution in [2.75, 3.05) is 24.7 Å². The molecule has 6 nitrogen and oxygen atoms in total. The van der Waals surface area contributed by atoms with Crippen LogP contribution in [0.3, 0.4) is 0 Å². The Morgan fingerprint density at radius 3 is 2.50 bits per heavy atom. The SMILES string of the molecule is CCCCN(CCCC)Cc1ccc(C(=O)NNC(=S)Nc2cccc(SC)c2)o1. The van der Waals surface area contributed by atoms with E-state index in [-0.39, 0.29) is 11.7 Å². The first-order chi connectivity index (χ1) is 14.5. The van der Waals surface area contributed by atoms with E-state index in [1.807, 2.05) is 36.6 Å². The summed E-state index contributed by atoms with van der Waals surface area (Å²) in [7, 11) is 0. The molecule has 0 saturated heterocycles. The van der Waals surface area contributed by atoms with Crippen molar-refractivity contribution in [3.8, 4) is 0 Å². The fourth-order valence-corrected chi connectivity index (χ4v) is 3.51. The van der Waals surface area contributed by atoms with E-state index in [1.165, 1.54) is 0 Å². The van der Waals surface area contributed by atoms with Gasteiger partial charge in [-0.05, 0) is 74.7 Å².